The Labute approximate surface area is 133 Å². The third-order valence-electron chi connectivity index (χ3n) is 4.28. The summed E-state index contributed by atoms with van der Waals surface area (Å²) in [5.41, 5.74) is 1.77. The highest BCUT2D eigenvalue weighted by Gasteiger charge is 2.37. The van der Waals surface area contributed by atoms with Crippen LogP contribution in [0, 0.1) is 12.8 Å². The largest absolute Gasteiger partial charge is 0.480 e. The molecule has 1 aromatic carbocycles. The minimum atomic E-state index is -1.01. The molecular weight excluding hydrogens is 298 g/mol. The summed E-state index contributed by atoms with van der Waals surface area (Å²) in [6.07, 6.45) is 1.65. The van der Waals surface area contributed by atoms with Crippen LogP contribution >= 0.6 is 0 Å². The molecule has 2 aliphatic rings. The van der Waals surface area contributed by atoms with E-state index in [0.29, 0.717) is 24.3 Å². The molecule has 1 aromatic rings. The zero-order chi connectivity index (χ0) is 16.6. The predicted octanol–water partition coefficient (Wildman–Crippen LogP) is 1.12. The molecule has 2 fully saturated rings. The molecule has 122 valence electrons. The third-order valence-corrected chi connectivity index (χ3v) is 4.28. The van der Waals surface area contributed by atoms with E-state index in [9.17, 15) is 19.5 Å². The first-order chi connectivity index (χ1) is 11.0. The summed E-state index contributed by atoms with van der Waals surface area (Å²) in [6.45, 7) is 2.90. The van der Waals surface area contributed by atoms with Gasteiger partial charge in [-0.1, -0.05) is 6.07 Å². The Bertz CT molecular complexity index is 669. The molecule has 1 aliphatic carbocycles. The molecule has 7 heteroatoms. The summed E-state index contributed by atoms with van der Waals surface area (Å²) in [4.78, 5) is 37.0. The number of carbonyl (C=O) groups is 3. The number of carboxylic acids is 1. The third kappa shape index (κ3) is 3.13. The van der Waals surface area contributed by atoms with Gasteiger partial charge < -0.3 is 15.7 Å². The van der Waals surface area contributed by atoms with Crippen molar-refractivity contribution >= 4 is 23.6 Å². The zero-order valence-electron chi connectivity index (χ0n) is 12.8. The molecule has 1 aliphatic heterocycles. The van der Waals surface area contributed by atoms with E-state index in [2.05, 4.69) is 10.6 Å². The van der Waals surface area contributed by atoms with Gasteiger partial charge in [0.05, 0.1) is 0 Å². The quantitative estimate of drug-likeness (QED) is 0.758. The van der Waals surface area contributed by atoms with Crippen molar-refractivity contribution in [1.82, 2.24) is 10.6 Å². The number of nitrogens with one attached hydrogen (secondary N) is 2. The number of hydrogen-bond acceptors (Lipinski definition) is 3. The maximum atomic E-state index is 12.5. The van der Waals surface area contributed by atoms with E-state index in [1.54, 1.807) is 30.0 Å². The van der Waals surface area contributed by atoms with Gasteiger partial charge in [-0.05, 0) is 43.4 Å². The molecule has 7 nitrogen and oxygen atoms in total. The summed E-state index contributed by atoms with van der Waals surface area (Å²) < 4.78 is 0. The van der Waals surface area contributed by atoms with Crippen molar-refractivity contribution in [1.29, 1.82) is 0 Å². The van der Waals surface area contributed by atoms with Gasteiger partial charge in [0.15, 0.2) is 0 Å². The SMILES string of the molecule is Cc1ccc(N2CCNC2=O)cc1C(=O)NC(C(=O)O)C1CC1. The van der Waals surface area contributed by atoms with E-state index >= 15 is 0 Å². The fourth-order valence-corrected chi connectivity index (χ4v) is 2.77. The first-order valence-electron chi connectivity index (χ1n) is 7.67. The van der Waals surface area contributed by atoms with E-state index < -0.39 is 17.9 Å². The highest BCUT2D eigenvalue weighted by atomic mass is 16.4. The Morgan fingerprint density at radius 2 is 2.13 bits per heavy atom. The smallest absolute Gasteiger partial charge is 0.326 e. The summed E-state index contributed by atoms with van der Waals surface area (Å²) in [7, 11) is 0. The summed E-state index contributed by atoms with van der Waals surface area (Å²) in [5, 5.41) is 14.6. The molecule has 3 amide bonds. The second kappa shape index (κ2) is 5.91. The van der Waals surface area contributed by atoms with Crippen LogP contribution < -0.4 is 15.5 Å². The molecule has 1 saturated heterocycles. The highest BCUT2D eigenvalue weighted by molar-refractivity contribution is 6.00. The lowest BCUT2D eigenvalue weighted by Crippen LogP contribution is -2.42. The van der Waals surface area contributed by atoms with Crippen LogP contribution in [0.2, 0.25) is 0 Å². The maximum Gasteiger partial charge on any atom is 0.326 e. The van der Waals surface area contributed by atoms with Crippen molar-refractivity contribution in [2.24, 2.45) is 5.92 Å². The summed E-state index contributed by atoms with van der Waals surface area (Å²) in [6, 6.07) is 4.15. The fraction of sp³-hybridized carbons (Fsp3) is 0.438. The van der Waals surface area contributed by atoms with Crippen molar-refractivity contribution in [3.05, 3.63) is 29.3 Å². The molecule has 0 aromatic heterocycles. The lowest BCUT2D eigenvalue weighted by atomic mass is 10.1. The summed E-state index contributed by atoms with van der Waals surface area (Å²) in [5.74, 6) is -1.40. The number of benzene rings is 1. The minimum absolute atomic E-state index is 0.0179. The van der Waals surface area contributed by atoms with E-state index in [4.69, 9.17) is 0 Å². The Morgan fingerprint density at radius 3 is 2.70 bits per heavy atom. The van der Waals surface area contributed by atoms with Crippen molar-refractivity contribution < 1.29 is 19.5 Å². The molecule has 1 heterocycles. The Morgan fingerprint density at radius 1 is 1.39 bits per heavy atom. The van der Waals surface area contributed by atoms with Crippen LogP contribution in [0.5, 0.6) is 0 Å². The first kappa shape index (κ1) is 15.3. The summed E-state index contributed by atoms with van der Waals surface area (Å²) >= 11 is 0. The fourth-order valence-electron chi connectivity index (χ4n) is 2.77. The molecule has 0 bridgehead atoms. The van der Waals surface area contributed by atoms with Gasteiger partial charge in [0.1, 0.15) is 6.04 Å². The van der Waals surface area contributed by atoms with Gasteiger partial charge in [-0.25, -0.2) is 9.59 Å². The number of aryl methyl sites for hydroxylation is 1. The molecule has 0 spiro atoms. The number of urea groups is 1. The second-order valence-electron chi connectivity index (χ2n) is 6.01. The Balaban J connectivity index is 1.82. The first-order valence-corrected chi connectivity index (χ1v) is 7.67. The van der Waals surface area contributed by atoms with Crippen LogP contribution in [-0.4, -0.2) is 42.1 Å². The van der Waals surface area contributed by atoms with E-state index in [1.165, 1.54) is 0 Å². The van der Waals surface area contributed by atoms with Gasteiger partial charge in [0, 0.05) is 24.3 Å². The van der Waals surface area contributed by atoms with Crippen molar-refractivity contribution in [3.63, 3.8) is 0 Å². The van der Waals surface area contributed by atoms with Crippen LogP contribution in [0.15, 0.2) is 18.2 Å². The van der Waals surface area contributed by atoms with Crippen molar-refractivity contribution in [2.45, 2.75) is 25.8 Å². The van der Waals surface area contributed by atoms with Crippen LogP contribution in [0.25, 0.3) is 0 Å². The van der Waals surface area contributed by atoms with Gasteiger partial charge in [0.2, 0.25) is 0 Å². The van der Waals surface area contributed by atoms with Gasteiger partial charge in [0.25, 0.3) is 5.91 Å². The number of carbonyl (C=O) groups excluding carboxylic acids is 2. The number of carboxylic acid groups (broad SMARTS) is 1. The molecular formula is C16H19N3O4. The van der Waals surface area contributed by atoms with Crippen molar-refractivity contribution in [2.75, 3.05) is 18.0 Å². The topological polar surface area (TPSA) is 98.7 Å². The van der Waals surface area contributed by atoms with Gasteiger partial charge in [-0.2, -0.15) is 0 Å². The molecule has 0 radical (unpaired) electrons. The molecule has 1 atom stereocenters. The van der Waals surface area contributed by atoms with E-state index in [0.717, 1.165) is 18.4 Å². The molecule has 3 N–H and O–H groups in total. The highest BCUT2D eigenvalue weighted by Crippen LogP contribution is 2.33. The normalized spacial score (nSPS) is 18.5. The maximum absolute atomic E-state index is 12.5. The minimum Gasteiger partial charge on any atom is -0.480 e. The van der Waals surface area contributed by atoms with Gasteiger partial charge in [-0.15, -0.1) is 0 Å². The van der Waals surface area contributed by atoms with Crippen LogP contribution in [0.4, 0.5) is 10.5 Å². The average Bonchev–Trinajstić information content (AvgIpc) is 3.26. The number of rotatable bonds is 5. The number of nitrogens with zero attached hydrogens (tertiary/aromatic N) is 1. The van der Waals surface area contributed by atoms with Crippen LogP contribution in [0.1, 0.15) is 28.8 Å². The predicted molar refractivity (Wildman–Crippen MR) is 83.5 cm³/mol. The average molecular weight is 317 g/mol. The number of aliphatic carboxylic acids is 1. The van der Waals surface area contributed by atoms with E-state index in [1.807, 2.05) is 0 Å². The lowest BCUT2D eigenvalue weighted by Gasteiger charge is -2.18. The number of amides is 3. The van der Waals surface area contributed by atoms with Crippen molar-refractivity contribution in [3.8, 4) is 0 Å². The molecule has 1 saturated carbocycles. The number of hydrogen-bond donors (Lipinski definition) is 3. The Kier molecular flexibility index (Phi) is 3.94. The Hall–Kier alpha value is -2.57. The second-order valence-corrected chi connectivity index (χ2v) is 6.01. The van der Waals surface area contributed by atoms with Gasteiger partial charge >= 0.3 is 12.0 Å². The monoisotopic (exact) mass is 317 g/mol. The molecule has 1 unspecified atom stereocenters. The van der Waals surface area contributed by atoms with Crippen LogP contribution in [-0.2, 0) is 4.79 Å². The molecule has 3 rings (SSSR count). The standard InChI is InChI=1S/C16H19N3O4/c1-9-2-5-11(19-7-6-17-16(19)23)8-12(9)14(20)18-13(15(21)22)10-3-4-10/h2,5,8,10,13H,3-4,6-7H2,1H3,(H,17,23)(H,18,20)(H,21,22). The van der Waals surface area contributed by atoms with Gasteiger partial charge in [-0.3, -0.25) is 9.69 Å². The molecule has 23 heavy (non-hydrogen) atoms. The lowest BCUT2D eigenvalue weighted by molar-refractivity contribution is -0.139. The zero-order valence-corrected chi connectivity index (χ0v) is 12.8. The van der Waals surface area contributed by atoms with Crippen LogP contribution in [0.3, 0.4) is 0 Å². The number of anilines is 1. The van der Waals surface area contributed by atoms with E-state index in [-0.39, 0.29) is 11.9 Å².